The molecule has 5 nitrogen and oxygen atoms in total. The summed E-state index contributed by atoms with van der Waals surface area (Å²) in [5, 5.41) is 12.2. The van der Waals surface area contributed by atoms with Gasteiger partial charge in [0.25, 0.3) is 0 Å². The lowest BCUT2D eigenvalue weighted by molar-refractivity contribution is -0.119. The largest absolute Gasteiger partial charge is 0.387 e. The second kappa shape index (κ2) is 6.96. The predicted octanol–water partition coefficient (Wildman–Crippen LogP) is 1.10. The van der Waals surface area contributed by atoms with Gasteiger partial charge < -0.3 is 15.3 Å². The van der Waals surface area contributed by atoms with E-state index >= 15 is 0 Å². The minimum atomic E-state index is -0.572. The molecule has 0 aromatic carbocycles. The molecule has 0 saturated heterocycles. The lowest BCUT2D eigenvalue weighted by Gasteiger charge is -2.22. The summed E-state index contributed by atoms with van der Waals surface area (Å²) < 4.78 is 0. The third-order valence-electron chi connectivity index (χ3n) is 2.65. The number of carbonyl (C=O) groups excluding carboxylic acids is 1. The molecule has 0 spiro atoms. The van der Waals surface area contributed by atoms with E-state index in [-0.39, 0.29) is 5.91 Å². The molecule has 18 heavy (non-hydrogen) atoms. The molecule has 0 aliphatic carbocycles. The van der Waals surface area contributed by atoms with E-state index in [1.807, 2.05) is 24.8 Å². The van der Waals surface area contributed by atoms with Crippen LogP contribution in [0.25, 0.3) is 0 Å². The van der Waals surface area contributed by atoms with E-state index in [1.54, 1.807) is 19.2 Å². The zero-order chi connectivity index (χ0) is 13.5. The minimum Gasteiger partial charge on any atom is -0.387 e. The lowest BCUT2D eigenvalue weighted by atomic mass is 10.2. The fraction of sp³-hybridized carbons (Fsp3) is 0.538. The summed E-state index contributed by atoms with van der Waals surface area (Å²) in [5.74, 6) is -0.000970. The van der Waals surface area contributed by atoms with Crippen LogP contribution in [0.4, 0.5) is 5.69 Å². The highest BCUT2D eigenvalue weighted by Gasteiger charge is 2.10. The fourth-order valence-electron chi connectivity index (χ4n) is 1.64. The van der Waals surface area contributed by atoms with Crippen molar-refractivity contribution in [3.8, 4) is 0 Å². The number of rotatable bonds is 6. The lowest BCUT2D eigenvalue weighted by Crippen LogP contribution is -2.37. The van der Waals surface area contributed by atoms with Crippen LogP contribution in [-0.4, -0.2) is 35.6 Å². The van der Waals surface area contributed by atoms with Crippen LogP contribution in [0.15, 0.2) is 18.3 Å². The summed E-state index contributed by atoms with van der Waals surface area (Å²) in [6, 6.07) is 3.65. The molecule has 1 atom stereocenters. The summed E-state index contributed by atoms with van der Waals surface area (Å²) >= 11 is 0. The molecule has 0 bridgehead atoms. The van der Waals surface area contributed by atoms with Crippen molar-refractivity contribution in [2.75, 3.05) is 24.5 Å². The van der Waals surface area contributed by atoms with Gasteiger partial charge in [-0.25, -0.2) is 0 Å². The number of amides is 1. The Hall–Kier alpha value is -1.62. The predicted molar refractivity (Wildman–Crippen MR) is 71.4 cm³/mol. The minimum absolute atomic E-state index is 0.000970. The zero-order valence-electron chi connectivity index (χ0n) is 11.2. The Morgan fingerprint density at radius 2 is 2.22 bits per heavy atom. The average molecular weight is 251 g/mol. The topological polar surface area (TPSA) is 65.5 Å². The van der Waals surface area contributed by atoms with Crippen molar-refractivity contribution in [2.45, 2.75) is 26.9 Å². The van der Waals surface area contributed by atoms with Gasteiger partial charge in [0.1, 0.15) is 0 Å². The summed E-state index contributed by atoms with van der Waals surface area (Å²) in [7, 11) is 0. The maximum atomic E-state index is 11.5. The highest BCUT2D eigenvalue weighted by Crippen LogP contribution is 2.15. The number of anilines is 1. The number of nitrogens with one attached hydrogen (secondary N) is 1. The molecule has 0 unspecified atom stereocenters. The molecule has 1 rings (SSSR count). The maximum absolute atomic E-state index is 11.5. The van der Waals surface area contributed by atoms with E-state index < -0.39 is 6.10 Å². The Morgan fingerprint density at radius 3 is 2.67 bits per heavy atom. The summed E-state index contributed by atoms with van der Waals surface area (Å²) in [4.78, 5) is 17.7. The number of pyridine rings is 1. The van der Waals surface area contributed by atoms with Gasteiger partial charge in [0.2, 0.25) is 5.91 Å². The molecular weight excluding hydrogens is 230 g/mol. The van der Waals surface area contributed by atoms with Gasteiger partial charge in [-0.3, -0.25) is 9.78 Å². The molecule has 0 fully saturated rings. The Bertz CT molecular complexity index is 376. The molecule has 5 heteroatoms. The monoisotopic (exact) mass is 251 g/mol. The number of nitrogens with zero attached hydrogens (tertiary/aromatic N) is 2. The third kappa shape index (κ3) is 4.00. The van der Waals surface area contributed by atoms with Crippen LogP contribution in [-0.2, 0) is 4.79 Å². The Kier molecular flexibility index (Phi) is 5.58. The summed E-state index contributed by atoms with van der Waals surface area (Å²) in [5.41, 5.74) is 1.51. The van der Waals surface area contributed by atoms with E-state index in [4.69, 9.17) is 0 Å². The van der Waals surface area contributed by atoms with Gasteiger partial charge in [0, 0.05) is 13.1 Å². The van der Waals surface area contributed by atoms with Crippen LogP contribution in [0, 0.1) is 0 Å². The van der Waals surface area contributed by atoms with Crippen molar-refractivity contribution in [3.63, 3.8) is 0 Å². The molecule has 1 heterocycles. The number of aliphatic hydroxyl groups is 1. The normalized spacial score (nSPS) is 12.0. The van der Waals surface area contributed by atoms with Gasteiger partial charge in [-0.05, 0) is 32.9 Å². The number of aromatic nitrogens is 1. The number of likely N-dealkylation sites (N-methyl/N-ethyl adjacent to an activating group) is 2. The van der Waals surface area contributed by atoms with Crippen molar-refractivity contribution in [3.05, 3.63) is 24.0 Å². The van der Waals surface area contributed by atoms with Crippen LogP contribution >= 0.6 is 0 Å². The zero-order valence-corrected chi connectivity index (χ0v) is 11.2. The van der Waals surface area contributed by atoms with Crippen molar-refractivity contribution in [1.82, 2.24) is 10.3 Å². The van der Waals surface area contributed by atoms with Gasteiger partial charge in [0.15, 0.2) is 0 Å². The molecule has 0 aliphatic rings. The van der Waals surface area contributed by atoms with E-state index in [9.17, 15) is 9.90 Å². The standard InChI is InChI=1S/C13H21N3O2/c1-4-14-13(18)9-16(5-2)11-6-7-12(10(3)17)15-8-11/h6-8,10,17H,4-5,9H2,1-3H3,(H,14,18)/t10-/m0/s1. The fourth-order valence-corrected chi connectivity index (χ4v) is 1.64. The molecule has 0 radical (unpaired) electrons. The van der Waals surface area contributed by atoms with Gasteiger partial charge in [-0.2, -0.15) is 0 Å². The molecular formula is C13H21N3O2. The number of hydrogen-bond acceptors (Lipinski definition) is 4. The maximum Gasteiger partial charge on any atom is 0.239 e. The Labute approximate surface area is 108 Å². The van der Waals surface area contributed by atoms with Crippen LogP contribution in [0.3, 0.4) is 0 Å². The highest BCUT2D eigenvalue weighted by atomic mass is 16.3. The van der Waals surface area contributed by atoms with Crippen LogP contribution in [0.5, 0.6) is 0 Å². The Morgan fingerprint density at radius 1 is 1.50 bits per heavy atom. The molecule has 1 amide bonds. The van der Waals surface area contributed by atoms with Crippen molar-refractivity contribution in [2.24, 2.45) is 0 Å². The van der Waals surface area contributed by atoms with Crippen LogP contribution in [0.2, 0.25) is 0 Å². The van der Waals surface area contributed by atoms with Gasteiger partial charge in [-0.1, -0.05) is 0 Å². The van der Waals surface area contributed by atoms with E-state index in [0.29, 0.717) is 18.8 Å². The number of carbonyl (C=O) groups is 1. The number of hydrogen-bond donors (Lipinski definition) is 2. The first kappa shape index (κ1) is 14.4. The average Bonchev–Trinajstić information content (AvgIpc) is 2.36. The molecule has 1 aromatic heterocycles. The number of aliphatic hydroxyl groups excluding tert-OH is 1. The Balaban J connectivity index is 2.73. The van der Waals surface area contributed by atoms with Crippen LogP contribution < -0.4 is 10.2 Å². The summed E-state index contributed by atoms with van der Waals surface area (Å²) in [6.07, 6.45) is 1.11. The third-order valence-corrected chi connectivity index (χ3v) is 2.65. The van der Waals surface area contributed by atoms with E-state index in [0.717, 1.165) is 12.2 Å². The first-order valence-corrected chi connectivity index (χ1v) is 6.24. The molecule has 100 valence electrons. The summed E-state index contributed by atoms with van der Waals surface area (Å²) in [6.45, 7) is 7.24. The molecule has 2 N–H and O–H groups in total. The first-order valence-electron chi connectivity index (χ1n) is 6.24. The smallest absolute Gasteiger partial charge is 0.239 e. The van der Waals surface area contributed by atoms with Gasteiger partial charge in [0.05, 0.1) is 30.2 Å². The van der Waals surface area contributed by atoms with Gasteiger partial charge >= 0.3 is 0 Å². The highest BCUT2D eigenvalue weighted by molar-refractivity contribution is 5.81. The van der Waals surface area contributed by atoms with Crippen molar-refractivity contribution < 1.29 is 9.90 Å². The van der Waals surface area contributed by atoms with Crippen LogP contribution in [0.1, 0.15) is 32.6 Å². The quantitative estimate of drug-likeness (QED) is 0.794. The van der Waals surface area contributed by atoms with E-state index in [2.05, 4.69) is 10.3 Å². The molecule has 1 aromatic rings. The second-order valence-corrected chi connectivity index (χ2v) is 4.08. The van der Waals surface area contributed by atoms with Crippen molar-refractivity contribution >= 4 is 11.6 Å². The molecule has 0 saturated carbocycles. The SMILES string of the molecule is CCNC(=O)CN(CC)c1ccc([C@H](C)O)nc1. The molecule has 0 aliphatic heterocycles. The van der Waals surface area contributed by atoms with E-state index in [1.165, 1.54) is 0 Å². The van der Waals surface area contributed by atoms with Crippen molar-refractivity contribution in [1.29, 1.82) is 0 Å². The first-order chi connectivity index (χ1) is 8.58. The second-order valence-electron chi connectivity index (χ2n) is 4.08. The van der Waals surface area contributed by atoms with Gasteiger partial charge in [-0.15, -0.1) is 0 Å².